The predicted octanol–water partition coefficient (Wildman–Crippen LogP) is 1.68. The lowest BCUT2D eigenvalue weighted by Gasteiger charge is -2.01. The van der Waals surface area contributed by atoms with Crippen LogP contribution in [0.2, 0.25) is 0 Å². The summed E-state index contributed by atoms with van der Waals surface area (Å²) in [5, 5.41) is 0. The smallest absolute Gasteiger partial charge is 0.111 e. The van der Waals surface area contributed by atoms with Gasteiger partial charge in [0, 0.05) is 23.5 Å². The monoisotopic (exact) mass is 251 g/mol. The lowest BCUT2D eigenvalue weighted by molar-refractivity contribution is 0.652. The van der Waals surface area contributed by atoms with Crippen molar-refractivity contribution in [3.63, 3.8) is 0 Å². The summed E-state index contributed by atoms with van der Waals surface area (Å²) in [7, 11) is 0. The highest BCUT2D eigenvalue weighted by Gasteiger charge is 2.21. The number of imidazole rings is 1. The Hall–Kier alpha value is -0.870. The van der Waals surface area contributed by atoms with Crippen molar-refractivity contribution in [1.29, 1.82) is 0 Å². The van der Waals surface area contributed by atoms with Gasteiger partial charge in [0.25, 0.3) is 0 Å². The van der Waals surface area contributed by atoms with E-state index in [1.807, 2.05) is 12.1 Å². The summed E-state index contributed by atoms with van der Waals surface area (Å²) in [4.78, 5) is 4.55. The average molecular weight is 252 g/mol. The molecule has 1 unspecified atom stereocenters. The number of halogens is 1. The van der Waals surface area contributed by atoms with E-state index in [1.165, 1.54) is 5.52 Å². The molecule has 2 aromatic rings. The van der Waals surface area contributed by atoms with E-state index in [4.69, 9.17) is 5.73 Å². The number of aromatic nitrogens is 2. The summed E-state index contributed by atoms with van der Waals surface area (Å²) in [5.74, 6) is 1.12. The van der Waals surface area contributed by atoms with E-state index in [1.54, 1.807) is 0 Å². The highest BCUT2D eigenvalue weighted by atomic mass is 79.9. The molecule has 3 rings (SSSR count). The van der Waals surface area contributed by atoms with Crippen molar-refractivity contribution in [2.75, 3.05) is 0 Å². The van der Waals surface area contributed by atoms with Gasteiger partial charge in [0.1, 0.15) is 5.82 Å². The molecule has 0 bridgehead atoms. The summed E-state index contributed by atoms with van der Waals surface area (Å²) in [6.07, 6.45) is 0.895. The summed E-state index contributed by atoms with van der Waals surface area (Å²) >= 11 is 3.47. The zero-order chi connectivity index (χ0) is 9.71. The molecule has 0 spiro atoms. The second-order valence-corrected chi connectivity index (χ2v) is 4.65. The van der Waals surface area contributed by atoms with Crippen LogP contribution in [0.15, 0.2) is 22.7 Å². The van der Waals surface area contributed by atoms with E-state index in [9.17, 15) is 0 Å². The van der Waals surface area contributed by atoms with Gasteiger partial charge in [0.15, 0.2) is 0 Å². The van der Waals surface area contributed by atoms with Gasteiger partial charge in [0.2, 0.25) is 0 Å². The molecule has 2 heterocycles. The van der Waals surface area contributed by atoms with Gasteiger partial charge in [-0.2, -0.15) is 0 Å². The first-order valence-electron chi connectivity index (χ1n) is 4.64. The Morgan fingerprint density at radius 2 is 2.36 bits per heavy atom. The topological polar surface area (TPSA) is 43.8 Å². The molecule has 1 aromatic heterocycles. The van der Waals surface area contributed by atoms with Crippen LogP contribution in [0.3, 0.4) is 0 Å². The van der Waals surface area contributed by atoms with Crippen LogP contribution in [0.25, 0.3) is 11.0 Å². The summed E-state index contributed by atoms with van der Waals surface area (Å²) < 4.78 is 3.30. The molecule has 1 aromatic carbocycles. The molecule has 0 saturated heterocycles. The number of fused-ring (bicyclic) bond motifs is 3. The van der Waals surface area contributed by atoms with Crippen LogP contribution in [0.1, 0.15) is 5.82 Å². The van der Waals surface area contributed by atoms with Crippen LogP contribution in [-0.4, -0.2) is 15.6 Å². The number of rotatable bonds is 0. The molecule has 0 fully saturated rings. The molecular weight excluding hydrogens is 242 g/mol. The van der Waals surface area contributed by atoms with Crippen LogP contribution in [0.4, 0.5) is 0 Å². The molecule has 1 aliphatic heterocycles. The molecule has 1 aliphatic rings. The van der Waals surface area contributed by atoms with Gasteiger partial charge in [-0.25, -0.2) is 4.98 Å². The van der Waals surface area contributed by atoms with E-state index in [0.29, 0.717) is 0 Å². The van der Waals surface area contributed by atoms with Crippen molar-refractivity contribution >= 4 is 27.0 Å². The first kappa shape index (κ1) is 8.44. The van der Waals surface area contributed by atoms with Crippen molar-refractivity contribution in [2.24, 2.45) is 5.73 Å². The number of hydrogen-bond acceptors (Lipinski definition) is 2. The number of nitrogens with zero attached hydrogens (tertiary/aromatic N) is 2. The molecule has 14 heavy (non-hydrogen) atoms. The number of nitrogens with two attached hydrogens (primary N) is 1. The zero-order valence-corrected chi connectivity index (χ0v) is 9.16. The maximum Gasteiger partial charge on any atom is 0.111 e. The maximum atomic E-state index is 5.89. The fourth-order valence-electron chi connectivity index (χ4n) is 2.04. The van der Waals surface area contributed by atoms with Gasteiger partial charge in [-0.3, -0.25) is 0 Å². The molecule has 0 amide bonds. The van der Waals surface area contributed by atoms with Gasteiger partial charge in [-0.05, 0) is 18.2 Å². The SMILES string of the molecule is NC1Cc2nc3ccc(Br)cc3n2C1. The van der Waals surface area contributed by atoms with E-state index in [2.05, 4.69) is 31.5 Å². The minimum absolute atomic E-state index is 0.237. The van der Waals surface area contributed by atoms with Gasteiger partial charge in [-0.1, -0.05) is 15.9 Å². The van der Waals surface area contributed by atoms with E-state index >= 15 is 0 Å². The third-order valence-corrected chi connectivity index (χ3v) is 3.14. The Bertz CT molecular complexity index is 503. The highest BCUT2D eigenvalue weighted by molar-refractivity contribution is 9.10. The van der Waals surface area contributed by atoms with Gasteiger partial charge in [0.05, 0.1) is 11.0 Å². The van der Waals surface area contributed by atoms with Crippen molar-refractivity contribution in [3.8, 4) is 0 Å². The van der Waals surface area contributed by atoms with Gasteiger partial charge < -0.3 is 10.3 Å². The van der Waals surface area contributed by atoms with Gasteiger partial charge in [-0.15, -0.1) is 0 Å². The van der Waals surface area contributed by atoms with Crippen molar-refractivity contribution < 1.29 is 0 Å². The van der Waals surface area contributed by atoms with Crippen molar-refractivity contribution in [2.45, 2.75) is 19.0 Å². The van der Waals surface area contributed by atoms with E-state index in [0.717, 1.165) is 28.8 Å². The normalized spacial score (nSPS) is 20.3. The van der Waals surface area contributed by atoms with Crippen LogP contribution in [0, 0.1) is 0 Å². The van der Waals surface area contributed by atoms with Gasteiger partial charge >= 0.3 is 0 Å². The maximum absolute atomic E-state index is 5.89. The average Bonchev–Trinajstić information content (AvgIpc) is 2.62. The molecule has 4 heteroatoms. The predicted molar refractivity (Wildman–Crippen MR) is 59.1 cm³/mol. The third kappa shape index (κ3) is 1.11. The summed E-state index contributed by atoms with van der Waals surface area (Å²) in [6, 6.07) is 6.39. The molecule has 0 saturated carbocycles. The largest absolute Gasteiger partial charge is 0.326 e. The summed E-state index contributed by atoms with van der Waals surface area (Å²) in [6.45, 7) is 0.891. The molecular formula is C10H10BrN3. The van der Waals surface area contributed by atoms with E-state index in [-0.39, 0.29) is 6.04 Å². The minimum atomic E-state index is 0.237. The quantitative estimate of drug-likeness (QED) is 0.775. The Morgan fingerprint density at radius 3 is 3.21 bits per heavy atom. The van der Waals surface area contributed by atoms with Crippen molar-refractivity contribution in [3.05, 3.63) is 28.5 Å². The lowest BCUT2D eigenvalue weighted by atomic mass is 10.2. The number of hydrogen-bond donors (Lipinski definition) is 1. The van der Waals surface area contributed by atoms with E-state index < -0.39 is 0 Å². The second-order valence-electron chi connectivity index (χ2n) is 3.74. The molecule has 72 valence electrons. The minimum Gasteiger partial charge on any atom is -0.326 e. The fraction of sp³-hybridized carbons (Fsp3) is 0.300. The fourth-order valence-corrected chi connectivity index (χ4v) is 2.39. The van der Waals surface area contributed by atoms with Crippen molar-refractivity contribution in [1.82, 2.24) is 9.55 Å². The Morgan fingerprint density at radius 1 is 1.50 bits per heavy atom. The molecule has 2 N–H and O–H groups in total. The third-order valence-electron chi connectivity index (χ3n) is 2.65. The molecule has 0 radical (unpaired) electrons. The molecule has 1 atom stereocenters. The molecule has 3 nitrogen and oxygen atoms in total. The lowest BCUT2D eigenvalue weighted by Crippen LogP contribution is -2.20. The Labute approximate surface area is 90.0 Å². The standard InChI is InChI=1S/C10H10BrN3/c11-6-1-2-8-9(3-6)14-5-7(12)4-10(14)13-8/h1-3,7H,4-5,12H2. The van der Waals surface area contributed by atoms with Crippen LogP contribution in [-0.2, 0) is 13.0 Å². The zero-order valence-electron chi connectivity index (χ0n) is 7.57. The summed E-state index contributed by atoms with van der Waals surface area (Å²) in [5.41, 5.74) is 8.13. The second kappa shape index (κ2) is 2.81. The first-order chi connectivity index (χ1) is 6.74. The Kier molecular flexibility index (Phi) is 1.69. The van der Waals surface area contributed by atoms with Crippen LogP contribution >= 0.6 is 15.9 Å². The van der Waals surface area contributed by atoms with Crippen LogP contribution in [0.5, 0.6) is 0 Å². The number of benzene rings is 1. The molecule has 0 aliphatic carbocycles. The highest BCUT2D eigenvalue weighted by Crippen LogP contribution is 2.24. The van der Waals surface area contributed by atoms with Crippen LogP contribution < -0.4 is 5.73 Å². The Balaban J connectivity index is 2.30. The first-order valence-corrected chi connectivity index (χ1v) is 5.43.